The fourth-order valence-electron chi connectivity index (χ4n) is 2.90. The van der Waals surface area contributed by atoms with Gasteiger partial charge in [0.15, 0.2) is 0 Å². The summed E-state index contributed by atoms with van der Waals surface area (Å²) in [4.78, 5) is 13.9. The lowest BCUT2D eigenvalue weighted by atomic mass is 10.1. The summed E-state index contributed by atoms with van der Waals surface area (Å²) < 4.78 is 5.83. The van der Waals surface area contributed by atoms with Gasteiger partial charge in [0.2, 0.25) is 0 Å². The summed E-state index contributed by atoms with van der Waals surface area (Å²) in [7, 11) is 1.77. The number of nitrogens with one attached hydrogen (secondary N) is 1. The van der Waals surface area contributed by atoms with Crippen molar-refractivity contribution in [1.82, 2.24) is 10.2 Å². The molecule has 0 aromatic heterocycles. The van der Waals surface area contributed by atoms with Gasteiger partial charge in [-0.3, -0.25) is 0 Å². The zero-order valence-electron chi connectivity index (χ0n) is 14.2. The average molecular weight is 320 g/mol. The molecule has 0 spiro atoms. The van der Waals surface area contributed by atoms with Gasteiger partial charge in [0.1, 0.15) is 11.9 Å². The molecule has 1 aromatic rings. The van der Waals surface area contributed by atoms with Gasteiger partial charge < -0.3 is 20.1 Å². The highest BCUT2D eigenvalue weighted by atomic mass is 16.5. The number of hydrogen-bond acceptors (Lipinski definition) is 3. The summed E-state index contributed by atoms with van der Waals surface area (Å²) >= 11 is 0. The Bertz CT molecular complexity index is 494. The van der Waals surface area contributed by atoms with E-state index in [2.05, 4.69) is 5.32 Å². The fourth-order valence-corrected chi connectivity index (χ4v) is 2.90. The van der Waals surface area contributed by atoms with E-state index in [1.165, 1.54) is 0 Å². The number of ether oxygens (including phenoxy) is 1. The molecule has 1 aromatic carbocycles. The summed E-state index contributed by atoms with van der Waals surface area (Å²) in [5.41, 5.74) is 0. The van der Waals surface area contributed by atoms with Crippen molar-refractivity contribution in [1.29, 1.82) is 0 Å². The van der Waals surface area contributed by atoms with Crippen molar-refractivity contribution < 1.29 is 14.6 Å². The van der Waals surface area contributed by atoms with E-state index in [-0.39, 0.29) is 30.2 Å². The molecule has 0 radical (unpaired) electrons. The Morgan fingerprint density at radius 3 is 2.65 bits per heavy atom. The molecule has 0 unspecified atom stereocenters. The van der Waals surface area contributed by atoms with Gasteiger partial charge in [-0.1, -0.05) is 24.6 Å². The molecule has 2 rings (SSSR count). The van der Waals surface area contributed by atoms with Crippen molar-refractivity contribution in [2.24, 2.45) is 5.92 Å². The van der Waals surface area contributed by atoms with Crippen LogP contribution < -0.4 is 10.1 Å². The molecule has 1 fully saturated rings. The van der Waals surface area contributed by atoms with Gasteiger partial charge in [0.05, 0.1) is 12.1 Å². The van der Waals surface area contributed by atoms with Crippen LogP contribution in [0.2, 0.25) is 0 Å². The van der Waals surface area contributed by atoms with Crippen molar-refractivity contribution in [2.45, 2.75) is 51.4 Å². The van der Waals surface area contributed by atoms with Crippen molar-refractivity contribution in [3.05, 3.63) is 30.3 Å². The third-order valence-electron chi connectivity index (χ3n) is 4.59. The highest BCUT2D eigenvalue weighted by Crippen LogP contribution is 2.26. The SMILES string of the molecule is C[C@@H](NC(=O)N(C)C[C@H]1CCC[C@@H]1O)[C@@H](C)Oc1ccccc1. The Morgan fingerprint density at radius 2 is 2.04 bits per heavy atom. The summed E-state index contributed by atoms with van der Waals surface area (Å²) in [6, 6.07) is 9.35. The third kappa shape index (κ3) is 5.13. The van der Waals surface area contributed by atoms with Crippen LogP contribution >= 0.6 is 0 Å². The Labute approximate surface area is 138 Å². The van der Waals surface area contributed by atoms with E-state index in [0.29, 0.717) is 6.54 Å². The van der Waals surface area contributed by atoms with Gasteiger partial charge in [-0.25, -0.2) is 4.79 Å². The van der Waals surface area contributed by atoms with Crippen LogP contribution in [0.4, 0.5) is 4.79 Å². The highest BCUT2D eigenvalue weighted by molar-refractivity contribution is 5.74. The molecule has 23 heavy (non-hydrogen) atoms. The molecule has 5 nitrogen and oxygen atoms in total. The first kappa shape index (κ1) is 17.6. The van der Waals surface area contributed by atoms with Gasteiger partial charge in [0, 0.05) is 19.5 Å². The predicted molar refractivity (Wildman–Crippen MR) is 90.5 cm³/mol. The minimum absolute atomic E-state index is 0.112. The zero-order valence-corrected chi connectivity index (χ0v) is 14.2. The van der Waals surface area contributed by atoms with E-state index < -0.39 is 0 Å². The molecule has 0 aliphatic heterocycles. The van der Waals surface area contributed by atoms with Crippen LogP contribution in [-0.4, -0.2) is 47.9 Å². The standard InChI is InChI=1S/C18H28N2O3/c1-13(14(2)23-16-9-5-4-6-10-16)19-18(22)20(3)12-15-8-7-11-17(15)21/h4-6,9-10,13-15,17,21H,7-8,11-12H2,1-3H3,(H,19,22)/t13-,14-,15-,17+/m1/s1. The number of nitrogens with zero attached hydrogens (tertiary/aromatic N) is 1. The summed E-state index contributed by atoms with van der Waals surface area (Å²) in [5.74, 6) is 0.988. The van der Waals surface area contributed by atoms with E-state index in [9.17, 15) is 9.90 Å². The quantitative estimate of drug-likeness (QED) is 0.847. The molecule has 1 aliphatic rings. The van der Waals surface area contributed by atoms with Crippen LogP contribution in [0.5, 0.6) is 5.75 Å². The number of urea groups is 1. The Morgan fingerprint density at radius 1 is 1.35 bits per heavy atom. The molecular formula is C18H28N2O3. The monoisotopic (exact) mass is 320 g/mol. The number of para-hydroxylation sites is 1. The van der Waals surface area contributed by atoms with E-state index in [1.807, 2.05) is 44.2 Å². The smallest absolute Gasteiger partial charge is 0.317 e. The Kier molecular flexibility index (Phi) is 6.28. The van der Waals surface area contributed by atoms with Crippen LogP contribution in [0.3, 0.4) is 0 Å². The molecule has 4 atom stereocenters. The van der Waals surface area contributed by atoms with E-state index in [1.54, 1.807) is 11.9 Å². The van der Waals surface area contributed by atoms with Gasteiger partial charge >= 0.3 is 6.03 Å². The molecule has 1 saturated carbocycles. The van der Waals surface area contributed by atoms with Gasteiger partial charge in [-0.2, -0.15) is 0 Å². The topological polar surface area (TPSA) is 61.8 Å². The van der Waals surface area contributed by atoms with Gasteiger partial charge in [-0.15, -0.1) is 0 Å². The maximum absolute atomic E-state index is 12.3. The molecule has 2 N–H and O–H groups in total. The molecule has 5 heteroatoms. The minimum atomic E-state index is -0.275. The van der Waals surface area contributed by atoms with Crippen molar-refractivity contribution in [3.8, 4) is 5.75 Å². The van der Waals surface area contributed by atoms with Crippen molar-refractivity contribution in [3.63, 3.8) is 0 Å². The first-order valence-electron chi connectivity index (χ1n) is 8.38. The number of carbonyl (C=O) groups is 1. The maximum Gasteiger partial charge on any atom is 0.317 e. The number of amides is 2. The lowest BCUT2D eigenvalue weighted by Gasteiger charge is -2.27. The molecule has 0 saturated heterocycles. The molecule has 0 heterocycles. The largest absolute Gasteiger partial charge is 0.489 e. The maximum atomic E-state index is 12.3. The van der Waals surface area contributed by atoms with Crippen LogP contribution in [0, 0.1) is 5.92 Å². The second kappa shape index (κ2) is 8.20. The zero-order chi connectivity index (χ0) is 16.8. The summed E-state index contributed by atoms with van der Waals surface area (Å²) in [6.45, 7) is 4.47. The van der Waals surface area contributed by atoms with Crippen LogP contribution in [0.15, 0.2) is 30.3 Å². The summed E-state index contributed by atoms with van der Waals surface area (Å²) in [6.07, 6.45) is 2.47. The molecular weight excluding hydrogens is 292 g/mol. The fraction of sp³-hybridized carbons (Fsp3) is 0.611. The summed E-state index contributed by atoms with van der Waals surface area (Å²) in [5, 5.41) is 12.8. The Hall–Kier alpha value is -1.75. The number of aliphatic hydroxyl groups is 1. The van der Waals surface area contributed by atoms with Crippen LogP contribution in [0.1, 0.15) is 33.1 Å². The third-order valence-corrected chi connectivity index (χ3v) is 4.59. The second-order valence-electron chi connectivity index (χ2n) is 6.51. The first-order chi connectivity index (χ1) is 11.0. The van der Waals surface area contributed by atoms with Crippen LogP contribution in [0.25, 0.3) is 0 Å². The van der Waals surface area contributed by atoms with E-state index in [0.717, 1.165) is 25.0 Å². The number of hydrogen-bond donors (Lipinski definition) is 2. The number of carbonyl (C=O) groups excluding carboxylic acids is 1. The lowest BCUT2D eigenvalue weighted by Crippen LogP contribution is -2.48. The highest BCUT2D eigenvalue weighted by Gasteiger charge is 2.28. The first-order valence-corrected chi connectivity index (χ1v) is 8.38. The van der Waals surface area contributed by atoms with Gasteiger partial charge in [0.25, 0.3) is 0 Å². The number of benzene rings is 1. The van der Waals surface area contributed by atoms with Crippen molar-refractivity contribution >= 4 is 6.03 Å². The number of rotatable bonds is 6. The van der Waals surface area contributed by atoms with Gasteiger partial charge in [-0.05, 0) is 38.8 Å². The van der Waals surface area contributed by atoms with Crippen molar-refractivity contribution in [2.75, 3.05) is 13.6 Å². The average Bonchev–Trinajstić information content (AvgIpc) is 2.93. The van der Waals surface area contributed by atoms with E-state index in [4.69, 9.17) is 4.74 Å². The van der Waals surface area contributed by atoms with E-state index >= 15 is 0 Å². The minimum Gasteiger partial charge on any atom is -0.489 e. The molecule has 1 aliphatic carbocycles. The normalized spacial score (nSPS) is 23.1. The second-order valence-corrected chi connectivity index (χ2v) is 6.51. The van der Waals surface area contributed by atoms with Crippen LogP contribution in [-0.2, 0) is 0 Å². The predicted octanol–water partition coefficient (Wildman–Crippen LogP) is 2.64. The number of aliphatic hydroxyl groups excluding tert-OH is 1. The molecule has 128 valence electrons. The molecule has 2 amide bonds. The molecule has 0 bridgehead atoms. The Balaban J connectivity index is 1.78. The lowest BCUT2D eigenvalue weighted by molar-refractivity contribution is 0.111.